The van der Waals surface area contributed by atoms with Gasteiger partial charge in [0.2, 0.25) is 5.91 Å². The molecule has 2 N–H and O–H groups in total. The Morgan fingerprint density at radius 2 is 1.84 bits per heavy atom. The normalized spacial score (nSPS) is 15.7. The molecule has 0 aromatic heterocycles. The minimum Gasteiger partial charge on any atom is -0.354 e. The van der Waals surface area contributed by atoms with Crippen LogP contribution in [-0.2, 0) is 4.79 Å². The number of amides is 3. The summed E-state index contributed by atoms with van der Waals surface area (Å²) in [6, 6.07) is 13.0. The van der Waals surface area contributed by atoms with Crippen molar-refractivity contribution in [3.05, 3.63) is 64.7 Å². The molecular weight excluding hydrogens is 414 g/mol. The molecule has 0 radical (unpaired) electrons. The van der Waals surface area contributed by atoms with Crippen LogP contribution in [0.2, 0.25) is 5.02 Å². The lowest BCUT2D eigenvalue weighted by Crippen LogP contribution is -2.46. The average Bonchev–Trinajstić information content (AvgIpc) is 3.23. The SMILES string of the molecule is CC(C)CCNC(=O)C1CCCN1C(=O)c1ccc(NC(=O)c2cccc(Cl)c2)cc1. The average molecular weight is 442 g/mol. The highest BCUT2D eigenvalue weighted by molar-refractivity contribution is 6.31. The zero-order valence-corrected chi connectivity index (χ0v) is 18.6. The van der Waals surface area contributed by atoms with Gasteiger partial charge in [0, 0.05) is 34.9 Å². The second kappa shape index (κ2) is 10.4. The molecule has 1 atom stereocenters. The predicted molar refractivity (Wildman–Crippen MR) is 122 cm³/mol. The summed E-state index contributed by atoms with van der Waals surface area (Å²) in [6.07, 6.45) is 2.39. The number of rotatable bonds is 7. The van der Waals surface area contributed by atoms with Gasteiger partial charge in [-0.05, 0) is 67.6 Å². The fraction of sp³-hybridized carbons (Fsp3) is 0.375. The van der Waals surface area contributed by atoms with Gasteiger partial charge in [-0.3, -0.25) is 14.4 Å². The lowest BCUT2D eigenvalue weighted by molar-refractivity contribution is -0.124. The first-order valence-electron chi connectivity index (χ1n) is 10.6. The van der Waals surface area contributed by atoms with Crippen LogP contribution in [0.3, 0.4) is 0 Å². The van der Waals surface area contributed by atoms with Gasteiger partial charge in [-0.1, -0.05) is 31.5 Å². The van der Waals surface area contributed by atoms with Gasteiger partial charge in [-0.25, -0.2) is 0 Å². The van der Waals surface area contributed by atoms with Crippen LogP contribution in [0.25, 0.3) is 0 Å². The molecule has 164 valence electrons. The molecule has 31 heavy (non-hydrogen) atoms. The molecule has 0 bridgehead atoms. The van der Waals surface area contributed by atoms with Crippen molar-refractivity contribution in [2.24, 2.45) is 5.92 Å². The van der Waals surface area contributed by atoms with Gasteiger partial charge in [-0.15, -0.1) is 0 Å². The third-order valence-electron chi connectivity index (χ3n) is 5.31. The highest BCUT2D eigenvalue weighted by Crippen LogP contribution is 2.22. The van der Waals surface area contributed by atoms with Crippen LogP contribution in [0.4, 0.5) is 5.69 Å². The van der Waals surface area contributed by atoms with E-state index in [9.17, 15) is 14.4 Å². The Morgan fingerprint density at radius 3 is 2.52 bits per heavy atom. The Hall–Kier alpha value is -2.86. The minimum absolute atomic E-state index is 0.0862. The number of nitrogens with one attached hydrogen (secondary N) is 2. The summed E-state index contributed by atoms with van der Waals surface area (Å²) >= 11 is 5.93. The topological polar surface area (TPSA) is 78.5 Å². The summed E-state index contributed by atoms with van der Waals surface area (Å²) in [5.74, 6) is -0.0233. The molecule has 3 amide bonds. The van der Waals surface area contributed by atoms with Crippen molar-refractivity contribution in [1.82, 2.24) is 10.2 Å². The van der Waals surface area contributed by atoms with E-state index >= 15 is 0 Å². The van der Waals surface area contributed by atoms with Crippen molar-refractivity contribution in [1.29, 1.82) is 0 Å². The molecule has 7 heteroatoms. The van der Waals surface area contributed by atoms with E-state index in [1.54, 1.807) is 53.4 Å². The maximum Gasteiger partial charge on any atom is 0.255 e. The van der Waals surface area contributed by atoms with Crippen molar-refractivity contribution < 1.29 is 14.4 Å². The molecule has 0 spiro atoms. The van der Waals surface area contributed by atoms with Crippen molar-refractivity contribution in [3.8, 4) is 0 Å². The van der Waals surface area contributed by atoms with Crippen LogP contribution in [0, 0.1) is 5.92 Å². The Bertz CT molecular complexity index is 943. The molecule has 1 unspecified atom stereocenters. The molecular formula is C24H28ClN3O3. The van der Waals surface area contributed by atoms with Gasteiger partial charge in [0.05, 0.1) is 0 Å². The van der Waals surface area contributed by atoms with E-state index in [-0.39, 0.29) is 17.7 Å². The van der Waals surface area contributed by atoms with E-state index in [0.29, 0.717) is 47.3 Å². The molecule has 3 rings (SSSR count). The summed E-state index contributed by atoms with van der Waals surface area (Å²) < 4.78 is 0. The van der Waals surface area contributed by atoms with E-state index in [4.69, 9.17) is 11.6 Å². The van der Waals surface area contributed by atoms with Gasteiger partial charge in [0.1, 0.15) is 6.04 Å². The van der Waals surface area contributed by atoms with E-state index in [1.165, 1.54) is 0 Å². The van der Waals surface area contributed by atoms with Crippen molar-refractivity contribution in [3.63, 3.8) is 0 Å². The molecule has 1 aliphatic rings. The molecule has 2 aromatic rings. The molecule has 2 aromatic carbocycles. The second-order valence-electron chi connectivity index (χ2n) is 8.17. The van der Waals surface area contributed by atoms with Crippen LogP contribution in [0.1, 0.15) is 53.8 Å². The molecule has 1 heterocycles. The number of halogens is 1. The molecule has 1 aliphatic heterocycles. The Labute approximate surface area is 188 Å². The van der Waals surface area contributed by atoms with Crippen LogP contribution >= 0.6 is 11.6 Å². The fourth-order valence-electron chi connectivity index (χ4n) is 3.58. The highest BCUT2D eigenvalue weighted by Gasteiger charge is 2.34. The number of hydrogen-bond donors (Lipinski definition) is 2. The van der Waals surface area contributed by atoms with Gasteiger partial charge < -0.3 is 15.5 Å². The van der Waals surface area contributed by atoms with Gasteiger partial charge in [0.25, 0.3) is 11.8 Å². The summed E-state index contributed by atoms with van der Waals surface area (Å²) in [7, 11) is 0. The minimum atomic E-state index is -0.429. The third-order valence-corrected chi connectivity index (χ3v) is 5.55. The van der Waals surface area contributed by atoms with Crippen LogP contribution in [-0.4, -0.2) is 41.8 Å². The largest absolute Gasteiger partial charge is 0.354 e. The molecule has 0 saturated carbocycles. The predicted octanol–water partition coefficient (Wildman–Crippen LogP) is 4.36. The second-order valence-corrected chi connectivity index (χ2v) is 8.61. The Kier molecular flexibility index (Phi) is 7.69. The maximum atomic E-state index is 13.0. The Morgan fingerprint density at radius 1 is 1.10 bits per heavy atom. The van der Waals surface area contributed by atoms with Gasteiger partial charge in [-0.2, -0.15) is 0 Å². The van der Waals surface area contributed by atoms with E-state index < -0.39 is 6.04 Å². The number of hydrogen-bond acceptors (Lipinski definition) is 3. The molecule has 6 nitrogen and oxygen atoms in total. The van der Waals surface area contributed by atoms with Crippen molar-refractivity contribution in [2.75, 3.05) is 18.4 Å². The smallest absolute Gasteiger partial charge is 0.255 e. The van der Waals surface area contributed by atoms with Crippen molar-refractivity contribution in [2.45, 2.75) is 39.2 Å². The fourth-order valence-corrected chi connectivity index (χ4v) is 3.77. The van der Waals surface area contributed by atoms with Crippen molar-refractivity contribution >= 4 is 35.0 Å². The lowest BCUT2D eigenvalue weighted by atomic mass is 10.1. The van der Waals surface area contributed by atoms with Crippen LogP contribution in [0.5, 0.6) is 0 Å². The quantitative estimate of drug-likeness (QED) is 0.670. The maximum absolute atomic E-state index is 13.0. The van der Waals surface area contributed by atoms with Crippen LogP contribution < -0.4 is 10.6 Å². The van der Waals surface area contributed by atoms with E-state index in [1.807, 2.05) is 0 Å². The first-order valence-corrected chi connectivity index (χ1v) is 11.0. The standard InChI is InChI=1S/C24H28ClN3O3/c1-16(2)12-13-26-23(30)21-7-4-14-28(21)24(31)17-8-10-20(11-9-17)27-22(29)18-5-3-6-19(25)15-18/h3,5-6,8-11,15-16,21H,4,7,12-14H2,1-2H3,(H,26,30)(H,27,29). The number of carbonyl (C=O) groups excluding carboxylic acids is 3. The monoisotopic (exact) mass is 441 g/mol. The number of anilines is 1. The zero-order valence-electron chi connectivity index (χ0n) is 17.9. The summed E-state index contributed by atoms with van der Waals surface area (Å²) in [4.78, 5) is 39.5. The number of benzene rings is 2. The Balaban J connectivity index is 1.61. The number of likely N-dealkylation sites (tertiary alicyclic amines) is 1. The summed E-state index contributed by atoms with van der Waals surface area (Å²) in [5, 5.41) is 6.23. The molecule has 0 aliphatic carbocycles. The van der Waals surface area contributed by atoms with Gasteiger partial charge >= 0.3 is 0 Å². The highest BCUT2D eigenvalue weighted by atomic mass is 35.5. The first kappa shape index (κ1) is 22.8. The molecule has 1 fully saturated rings. The zero-order chi connectivity index (χ0) is 22.4. The van der Waals surface area contributed by atoms with Gasteiger partial charge in [0.15, 0.2) is 0 Å². The summed E-state index contributed by atoms with van der Waals surface area (Å²) in [6.45, 7) is 5.40. The van der Waals surface area contributed by atoms with E-state index in [0.717, 1.165) is 12.8 Å². The lowest BCUT2D eigenvalue weighted by Gasteiger charge is -2.24. The number of carbonyl (C=O) groups is 3. The summed E-state index contributed by atoms with van der Waals surface area (Å²) in [5.41, 5.74) is 1.52. The third kappa shape index (κ3) is 6.07. The van der Waals surface area contributed by atoms with Crippen LogP contribution in [0.15, 0.2) is 48.5 Å². The number of nitrogens with zero attached hydrogens (tertiary/aromatic N) is 1. The van der Waals surface area contributed by atoms with E-state index in [2.05, 4.69) is 24.5 Å². The molecule has 1 saturated heterocycles. The first-order chi connectivity index (χ1) is 14.8.